The van der Waals surface area contributed by atoms with Crippen LogP contribution in [0.3, 0.4) is 0 Å². The largest absolute Gasteiger partial charge is 0.479 e. The number of benzene rings is 1. The summed E-state index contributed by atoms with van der Waals surface area (Å²) in [5.41, 5.74) is 2.24. The first-order valence-electron chi connectivity index (χ1n) is 10.8. The second-order valence-corrected chi connectivity index (χ2v) is 9.50. The van der Waals surface area contributed by atoms with Gasteiger partial charge >= 0.3 is 5.97 Å². The molecule has 0 atom stereocenters. The Bertz CT molecular complexity index is 1050. The van der Waals surface area contributed by atoms with Gasteiger partial charge in [-0.15, -0.1) is 21.5 Å². The number of tetrazole rings is 1. The molecule has 1 N–H and O–H groups in total. The Morgan fingerprint density at radius 1 is 1.28 bits per heavy atom. The van der Waals surface area contributed by atoms with Gasteiger partial charge in [0.05, 0.1) is 16.0 Å². The van der Waals surface area contributed by atoms with Crippen LogP contribution in [0.1, 0.15) is 39.0 Å². The smallest absolute Gasteiger partial charge is 0.344 e. The van der Waals surface area contributed by atoms with Crippen LogP contribution in [0.5, 0.6) is 5.75 Å². The first-order chi connectivity index (χ1) is 15.6. The molecule has 0 radical (unpaired) electrons. The van der Waals surface area contributed by atoms with E-state index in [2.05, 4.69) is 72.8 Å². The number of nitrogens with one attached hydrogen (secondary N) is 1. The number of aromatic nitrogens is 4. The van der Waals surface area contributed by atoms with Crippen LogP contribution in [0.25, 0.3) is 21.1 Å². The summed E-state index contributed by atoms with van der Waals surface area (Å²) in [6.45, 7) is 1.87. The van der Waals surface area contributed by atoms with E-state index in [0.29, 0.717) is 29.1 Å². The van der Waals surface area contributed by atoms with Crippen molar-refractivity contribution in [3.63, 3.8) is 0 Å². The second-order valence-electron chi connectivity index (χ2n) is 7.69. The Morgan fingerprint density at radius 2 is 2.09 bits per heavy atom. The predicted octanol–water partition coefficient (Wildman–Crippen LogP) is 5.07. The van der Waals surface area contributed by atoms with E-state index in [4.69, 9.17) is 9.47 Å². The minimum absolute atomic E-state index is 0.197. The van der Waals surface area contributed by atoms with E-state index in [1.807, 2.05) is 0 Å². The van der Waals surface area contributed by atoms with Crippen molar-refractivity contribution in [1.82, 2.24) is 20.6 Å². The minimum Gasteiger partial charge on any atom is -0.479 e. The number of carbonyl (C=O) groups excluding carboxylic acids is 1. The highest BCUT2D eigenvalue weighted by Crippen LogP contribution is 2.49. The summed E-state index contributed by atoms with van der Waals surface area (Å²) in [5, 5.41) is 14.4. The Kier molecular flexibility index (Phi) is 7.41. The Balaban J connectivity index is 1.66. The van der Waals surface area contributed by atoms with Gasteiger partial charge in [0.15, 0.2) is 12.4 Å². The van der Waals surface area contributed by atoms with Gasteiger partial charge < -0.3 is 14.4 Å². The Morgan fingerprint density at radius 3 is 2.81 bits per heavy atom. The molecular formula is C22H26BrN5O3S. The van der Waals surface area contributed by atoms with Crippen LogP contribution in [0.15, 0.2) is 28.7 Å². The highest BCUT2D eigenvalue weighted by Gasteiger charge is 2.25. The zero-order valence-electron chi connectivity index (χ0n) is 18.1. The highest BCUT2D eigenvalue weighted by molar-refractivity contribution is 9.10. The van der Waals surface area contributed by atoms with Crippen LogP contribution in [0, 0.1) is 0 Å². The van der Waals surface area contributed by atoms with Crippen molar-refractivity contribution in [2.24, 2.45) is 0 Å². The Labute approximate surface area is 199 Å². The molecule has 0 amide bonds. The molecule has 0 unspecified atom stereocenters. The molecule has 32 heavy (non-hydrogen) atoms. The van der Waals surface area contributed by atoms with Crippen molar-refractivity contribution >= 4 is 38.9 Å². The normalized spacial score (nSPS) is 14.3. The Hall–Kier alpha value is -2.46. The van der Waals surface area contributed by atoms with Crippen LogP contribution in [0.2, 0.25) is 0 Å². The zero-order chi connectivity index (χ0) is 22.5. The van der Waals surface area contributed by atoms with Crippen molar-refractivity contribution in [2.45, 2.75) is 45.1 Å². The fourth-order valence-electron chi connectivity index (χ4n) is 4.00. The molecule has 1 aromatic carbocycles. The van der Waals surface area contributed by atoms with E-state index < -0.39 is 5.97 Å². The van der Waals surface area contributed by atoms with Gasteiger partial charge in [0, 0.05) is 18.8 Å². The number of hydrogen-bond donors (Lipinski definition) is 1. The molecule has 0 aliphatic heterocycles. The third-order valence-electron chi connectivity index (χ3n) is 5.64. The summed E-state index contributed by atoms with van der Waals surface area (Å²) < 4.78 is 11.6. The molecule has 2 heterocycles. The van der Waals surface area contributed by atoms with Crippen molar-refractivity contribution in [3.05, 3.63) is 28.7 Å². The molecule has 2 aromatic heterocycles. The molecule has 170 valence electrons. The second kappa shape index (κ2) is 10.4. The summed E-state index contributed by atoms with van der Waals surface area (Å²) in [7, 11) is 2.18. The maximum atomic E-state index is 11.9. The summed E-state index contributed by atoms with van der Waals surface area (Å²) >= 11 is 5.18. The van der Waals surface area contributed by atoms with E-state index in [1.54, 1.807) is 6.92 Å². The average Bonchev–Trinajstić information content (AvgIpc) is 3.46. The van der Waals surface area contributed by atoms with Gasteiger partial charge in [0.1, 0.15) is 4.88 Å². The molecule has 1 aliphatic rings. The third-order valence-corrected chi connectivity index (χ3v) is 7.87. The van der Waals surface area contributed by atoms with E-state index in [-0.39, 0.29) is 6.61 Å². The average molecular weight is 520 g/mol. The van der Waals surface area contributed by atoms with E-state index in [0.717, 1.165) is 14.9 Å². The van der Waals surface area contributed by atoms with E-state index in [9.17, 15) is 4.79 Å². The van der Waals surface area contributed by atoms with Gasteiger partial charge in [0.2, 0.25) is 5.82 Å². The molecule has 3 aromatic rings. The lowest BCUT2D eigenvalue weighted by molar-refractivity contribution is -0.145. The number of thiophene rings is 1. The van der Waals surface area contributed by atoms with Crippen LogP contribution < -0.4 is 9.64 Å². The molecule has 4 rings (SSSR count). The molecule has 1 fully saturated rings. The summed E-state index contributed by atoms with van der Waals surface area (Å²) in [6.07, 6.45) is 6.38. The van der Waals surface area contributed by atoms with Crippen LogP contribution in [-0.2, 0) is 9.53 Å². The molecule has 1 saturated carbocycles. The third kappa shape index (κ3) is 4.96. The maximum Gasteiger partial charge on any atom is 0.344 e. The summed E-state index contributed by atoms with van der Waals surface area (Å²) in [4.78, 5) is 15.9. The predicted molar refractivity (Wildman–Crippen MR) is 128 cm³/mol. The van der Waals surface area contributed by atoms with Crippen molar-refractivity contribution in [1.29, 1.82) is 0 Å². The fourth-order valence-corrected chi connectivity index (χ4v) is 5.97. The van der Waals surface area contributed by atoms with Crippen molar-refractivity contribution < 1.29 is 14.3 Å². The van der Waals surface area contributed by atoms with Crippen LogP contribution >= 0.6 is 27.3 Å². The van der Waals surface area contributed by atoms with Gasteiger partial charge in [-0.05, 0) is 58.6 Å². The molecule has 8 nitrogen and oxygen atoms in total. The summed E-state index contributed by atoms with van der Waals surface area (Å²) in [6, 6.07) is 9.06. The number of aromatic amines is 1. The van der Waals surface area contributed by atoms with Gasteiger partial charge in [-0.3, -0.25) is 0 Å². The number of esters is 1. The number of H-pyrrole nitrogens is 1. The van der Waals surface area contributed by atoms with Gasteiger partial charge in [0.25, 0.3) is 0 Å². The number of anilines is 1. The number of rotatable bonds is 8. The number of hydrogen-bond acceptors (Lipinski definition) is 8. The van der Waals surface area contributed by atoms with Crippen LogP contribution in [0.4, 0.5) is 5.69 Å². The topological polar surface area (TPSA) is 93.2 Å². The van der Waals surface area contributed by atoms with Gasteiger partial charge in [-0.1, -0.05) is 31.4 Å². The highest BCUT2D eigenvalue weighted by atomic mass is 79.9. The van der Waals surface area contributed by atoms with E-state index in [1.165, 1.54) is 49.1 Å². The number of carbonyl (C=O) groups is 1. The first-order valence-corrected chi connectivity index (χ1v) is 12.4. The number of halogens is 1. The summed E-state index contributed by atoms with van der Waals surface area (Å²) in [5.74, 6) is 0.490. The number of ether oxygens (including phenoxy) is 2. The first kappa shape index (κ1) is 22.7. The standard InChI is InChI=1S/C22H26BrN5O3S/c1-3-30-17(29)13-31-19-18(23)20(32-21(19)22-24-26-27-25-22)14-8-7-11-16(12-14)28(2)15-9-5-4-6-10-15/h7-8,11-12,15H,3-6,9-10,13H2,1-2H3,(H,24,25,26,27). The SMILES string of the molecule is CCOC(=O)COc1c(-c2nn[nH]n2)sc(-c2cccc(N(C)C3CCCCC3)c2)c1Br. The molecule has 10 heteroatoms. The number of nitrogens with zero attached hydrogens (tertiary/aromatic N) is 4. The molecule has 0 saturated heterocycles. The van der Waals surface area contributed by atoms with Crippen molar-refractivity contribution in [3.8, 4) is 26.9 Å². The monoisotopic (exact) mass is 519 g/mol. The fraction of sp³-hybridized carbons (Fsp3) is 0.455. The maximum absolute atomic E-state index is 11.9. The van der Waals surface area contributed by atoms with Crippen molar-refractivity contribution in [2.75, 3.05) is 25.2 Å². The van der Waals surface area contributed by atoms with Gasteiger partial charge in [-0.2, -0.15) is 5.21 Å². The molecule has 0 spiro atoms. The zero-order valence-corrected chi connectivity index (χ0v) is 20.5. The quantitative estimate of drug-likeness (QED) is 0.415. The molecular weight excluding hydrogens is 494 g/mol. The minimum atomic E-state index is -0.428. The van der Waals surface area contributed by atoms with Gasteiger partial charge in [-0.25, -0.2) is 4.79 Å². The molecule has 0 bridgehead atoms. The lowest BCUT2D eigenvalue weighted by Gasteiger charge is -2.33. The molecule has 1 aliphatic carbocycles. The van der Waals surface area contributed by atoms with Crippen LogP contribution in [-0.4, -0.2) is 52.9 Å². The lowest BCUT2D eigenvalue weighted by atomic mass is 9.94. The lowest BCUT2D eigenvalue weighted by Crippen LogP contribution is -2.33. The van der Waals surface area contributed by atoms with E-state index >= 15 is 0 Å².